The topological polar surface area (TPSA) is 65.0 Å². The van der Waals surface area contributed by atoms with E-state index in [9.17, 15) is 5.11 Å². The Kier molecular flexibility index (Phi) is 4.84. The fourth-order valence-electron chi connectivity index (χ4n) is 4.21. The second-order valence-corrected chi connectivity index (χ2v) is 7.68. The van der Waals surface area contributed by atoms with Crippen molar-refractivity contribution in [2.45, 2.75) is 25.4 Å². The van der Waals surface area contributed by atoms with Gasteiger partial charge < -0.3 is 10.1 Å². The van der Waals surface area contributed by atoms with Crippen molar-refractivity contribution in [2.24, 2.45) is 0 Å². The van der Waals surface area contributed by atoms with Gasteiger partial charge in [0.2, 0.25) is 0 Å². The predicted octanol–water partition coefficient (Wildman–Crippen LogP) is 4.25. The summed E-state index contributed by atoms with van der Waals surface area (Å²) in [6.07, 6.45) is 4.06. The summed E-state index contributed by atoms with van der Waals surface area (Å²) in [7, 11) is 0. The SMILES string of the molecule is OC[C@H]1CCCN1Cc1cc2cc(-c3nccc(-c4ccccc4)n3)ccc2[nH]1. The van der Waals surface area contributed by atoms with Gasteiger partial charge in [-0.2, -0.15) is 0 Å². The van der Waals surface area contributed by atoms with E-state index in [0.717, 1.165) is 59.5 Å². The van der Waals surface area contributed by atoms with Crippen molar-refractivity contribution < 1.29 is 5.11 Å². The smallest absolute Gasteiger partial charge is 0.159 e. The van der Waals surface area contributed by atoms with Crippen LogP contribution in [0.3, 0.4) is 0 Å². The third-order valence-electron chi connectivity index (χ3n) is 5.74. The van der Waals surface area contributed by atoms with Gasteiger partial charge in [-0.3, -0.25) is 4.90 Å². The van der Waals surface area contributed by atoms with Crippen LogP contribution in [0.1, 0.15) is 18.5 Å². The summed E-state index contributed by atoms with van der Waals surface area (Å²) in [5, 5.41) is 10.7. The fraction of sp³-hybridized carbons (Fsp3) is 0.250. The molecule has 5 nitrogen and oxygen atoms in total. The molecule has 0 spiro atoms. The molecule has 0 saturated carbocycles. The van der Waals surface area contributed by atoms with Gasteiger partial charge in [0.1, 0.15) is 0 Å². The highest BCUT2D eigenvalue weighted by molar-refractivity contribution is 5.85. The maximum atomic E-state index is 9.56. The lowest BCUT2D eigenvalue weighted by atomic mass is 10.1. The molecule has 0 aliphatic carbocycles. The average Bonchev–Trinajstić information content (AvgIpc) is 3.40. The lowest BCUT2D eigenvalue weighted by molar-refractivity contribution is 0.152. The van der Waals surface area contributed by atoms with Crippen molar-refractivity contribution in [3.8, 4) is 22.6 Å². The first-order valence-electron chi connectivity index (χ1n) is 10.2. The number of fused-ring (bicyclic) bond motifs is 1. The van der Waals surface area contributed by atoms with Gasteiger partial charge in [0, 0.05) is 46.5 Å². The second kappa shape index (κ2) is 7.78. The fourth-order valence-corrected chi connectivity index (χ4v) is 4.21. The highest BCUT2D eigenvalue weighted by atomic mass is 16.3. The molecule has 29 heavy (non-hydrogen) atoms. The van der Waals surface area contributed by atoms with Crippen molar-refractivity contribution in [3.63, 3.8) is 0 Å². The molecule has 1 saturated heterocycles. The number of hydrogen-bond acceptors (Lipinski definition) is 4. The molecule has 0 radical (unpaired) electrons. The molecule has 1 atom stereocenters. The number of rotatable bonds is 5. The van der Waals surface area contributed by atoms with E-state index >= 15 is 0 Å². The Morgan fingerprint density at radius 2 is 1.93 bits per heavy atom. The highest BCUT2D eigenvalue weighted by Crippen LogP contribution is 2.26. The third-order valence-corrected chi connectivity index (χ3v) is 5.74. The first-order chi connectivity index (χ1) is 14.3. The summed E-state index contributed by atoms with van der Waals surface area (Å²) >= 11 is 0. The standard InChI is InChI=1S/C24H24N4O/c29-16-21-7-4-12-28(21)15-20-14-19-13-18(8-9-22(19)26-20)24-25-11-10-23(27-24)17-5-2-1-3-6-17/h1-3,5-6,8-11,13-14,21,26,29H,4,7,12,15-16H2/t21-/m1/s1. The van der Waals surface area contributed by atoms with E-state index in [-0.39, 0.29) is 12.6 Å². The zero-order valence-electron chi connectivity index (χ0n) is 16.3. The molecule has 2 aromatic heterocycles. The van der Waals surface area contributed by atoms with Crippen LogP contribution in [0.2, 0.25) is 0 Å². The van der Waals surface area contributed by atoms with Gasteiger partial charge >= 0.3 is 0 Å². The number of aromatic amines is 1. The normalized spacial score (nSPS) is 17.2. The molecule has 2 N–H and O–H groups in total. The van der Waals surface area contributed by atoms with E-state index in [1.54, 1.807) is 0 Å². The van der Waals surface area contributed by atoms with Crippen molar-refractivity contribution in [3.05, 3.63) is 72.6 Å². The maximum absolute atomic E-state index is 9.56. The zero-order chi connectivity index (χ0) is 19.6. The highest BCUT2D eigenvalue weighted by Gasteiger charge is 2.24. The predicted molar refractivity (Wildman–Crippen MR) is 115 cm³/mol. The molecule has 1 aliphatic heterocycles. The summed E-state index contributed by atoms with van der Waals surface area (Å²) in [4.78, 5) is 15.1. The number of benzene rings is 2. The van der Waals surface area contributed by atoms with Crippen LogP contribution in [0, 0.1) is 0 Å². The van der Waals surface area contributed by atoms with Crippen LogP contribution in [0.15, 0.2) is 66.9 Å². The summed E-state index contributed by atoms with van der Waals surface area (Å²) in [6, 6.07) is 20.9. The number of aliphatic hydroxyl groups is 1. The molecule has 146 valence electrons. The number of nitrogens with one attached hydrogen (secondary N) is 1. The number of hydrogen-bond donors (Lipinski definition) is 2. The third kappa shape index (κ3) is 3.67. The van der Waals surface area contributed by atoms with E-state index in [1.165, 1.54) is 5.69 Å². The van der Waals surface area contributed by atoms with Gasteiger partial charge in [-0.15, -0.1) is 0 Å². The molecule has 5 heteroatoms. The van der Waals surface area contributed by atoms with Crippen LogP contribution < -0.4 is 0 Å². The molecule has 5 rings (SSSR count). The van der Waals surface area contributed by atoms with E-state index in [1.807, 2.05) is 30.5 Å². The molecule has 0 bridgehead atoms. The maximum Gasteiger partial charge on any atom is 0.159 e. The van der Waals surface area contributed by atoms with Gasteiger partial charge in [0.05, 0.1) is 12.3 Å². The molecular weight excluding hydrogens is 360 g/mol. The lowest BCUT2D eigenvalue weighted by Crippen LogP contribution is -2.31. The van der Waals surface area contributed by atoms with E-state index in [2.05, 4.69) is 51.3 Å². The average molecular weight is 384 g/mol. The van der Waals surface area contributed by atoms with Gasteiger partial charge in [-0.05, 0) is 49.7 Å². The molecule has 1 aliphatic rings. The van der Waals surface area contributed by atoms with Crippen molar-refractivity contribution in [1.82, 2.24) is 19.9 Å². The summed E-state index contributed by atoms with van der Waals surface area (Å²) in [6.45, 7) is 2.13. The van der Waals surface area contributed by atoms with Crippen LogP contribution >= 0.6 is 0 Å². The van der Waals surface area contributed by atoms with E-state index < -0.39 is 0 Å². The Hall–Kier alpha value is -3.02. The van der Waals surface area contributed by atoms with Crippen LogP contribution in [-0.2, 0) is 6.54 Å². The Morgan fingerprint density at radius 1 is 1.03 bits per heavy atom. The van der Waals surface area contributed by atoms with Gasteiger partial charge in [-0.25, -0.2) is 9.97 Å². The van der Waals surface area contributed by atoms with Crippen molar-refractivity contribution in [2.75, 3.05) is 13.2 Å². The first-order valence-corrected chi connectivity index (χ1v) is 10.2. The number of nitrogens with zero attached hydrogens (tertiary/aromatic N) is 3. The Bertz CT molecular complexity index is 1120. The van der Waals surface area contributed by atoms with Crippen molar-refractivity contribution >= 4 is 10.9 Å². The molecule has 3 heterocycles. The number of aliphatic hydroxyl groups excluding tert-OH is 1. The summed E-state index contributed by atoms with van der Waals surface area (Å²) in [5.74, 6) is 0.732. The minimum Gasteiger partial charge on any atom is -0.395 e. The van der Waals surface area contributed by atoms with Gasteiger partial charge in [0.15, 0.2) is 5.82 Å². The quantitative estimate of drug-likeness (QED) is 0.540. The molecule has 4 aromatic rings. The van der Waals surface area contributed by atoms with E-state index in [0.29, 0.717) is 0 Å². The minimum absolute atomic E-state index is 0.236. The molecule has 1 fully saturated rings. The molecule has 2 aromatic carbocycles. The molecule has 0 amide bonds. The van der Waals surface area contributed by atoms with E-state index in [4.69, 9.17) is 4.98 Å². The molecular formula is C24H24N4O. The number of aromatic nitrogens is 3. The lowest BCUT2D eigenvalue weighted by Gasteiger charge is -2.21. The van der Waals surface area contributed by atoms with Gasteiger partial charge in [0.25, 0.3) is 0 Å². The minimum atomic E-state index is 0.236. The first kappa shape index (κ1) is 18.0. The number of likely N-dealkylation sites (tertiary alicyclic amines) is 1. The van der Waals surface area contributed by atoms with Crippen molar-refractivity contribution in [1.29, 1.82) is 0 Å². The zero-order valence-corrected chi connectivity index (χ0v) is 16.3. The van der Waals surface area contributed by atoms with Crippen LogP contribution in [0.25, 0.3) is 33.5 Å². The van der Waals surface area contributed by atoms with Crippen LogP contribution in [0.5, 0.6) is 0 Å². The summed E-state index contributed by atoms with van der Waals surface area (Å²) in [5.41, 5.74) is 5.31. The largest absolute Gasteiger partial charge is 0.395 e. The Balaban J connectivity index is 1.43. The van der Waals surface area contributed by atoms with Gasteiger partial charge in [-0.1, -0.05) is 30.3 Å². The second-order valence-electron chi connectivity index (χ2n) is 7.68. The Labute approximate surface area is 170 Å². The molecule has 0 unspecified atom stereocenters. The number of H-pyrrole nitrogens is 1. The van der Waals surface area contributed by atoms with Crippen LogP contribution in [0.4, 0.5) is 0 Å². The Morgan fingerprint density at radius 3 is 2.79 bits per heavy atom. The summed E-state index contributed by atoms with van der Waals surface area (Å²) < 4.78 is 0. The van der Waals surface area contributed by atoms with Crippen LogP contribution in [-0.4, -0.2) is 44.2 Å². The monoisotopic (exact) mass is 384 g/mol.